The van der Waals surface area contributed by atoms with Gasteiger partial charge in [0.1, 0.15) is 5.82 Å². The molecule has 15 heavy (non-hydrogen) atoms. The zero-order chi connectivity index (χ0) is 10.8. The van der Waals surface area contributed by atoms with Crippen LogP contribution in [-0.2, 0) is 0 Å². The highest BCUT2D eigenvalue weighted by atomic mass is 32.1. The van der Waals surface area contributed by atoms with Crippen LogP contribution in [0.1, 0.15) is 0 Å². The molecule has 76 valence electrons. The monoisotopic (exact) mass is 224 g/mol. The van der Waals surface area contributed by atoms with Gasteiger partial charge in [0.2, 0.25) is 0 Å². The molecule has 0 saturated heterocycles. The van der Waals surface area contributed by atoms with Crippen molar-refractivity contribution in [2.45, 2.75) is 0 Å². The number of hydrogen-bond acceptors (Lipinski definition) is 2. The number of aromatic amines is 1. The maximum atomic E-state index is 13.5. The van der Waals surface area contributed by atoms with Crippen molar-refractivity contribution in [3.8, 4) is 11.3 Å². The molecular formula is C10H6F2N2S. The Morgan fingerprint density at radius 3 is 2.80 bits per heavy atom. The van der Waals surface area contributed by atoms with Gasteiger partial charge in [0, 0.05) is 5.56 Å². The lowest BCUT2D eigenvalue weighted by molar-refractivity contribution is 0.611. The van der Waals surface area contributed by atoms with Crippen LogP contribution in [0.25, 0.3) is 11.3 Å². The Morgan fingerprint density at radius 2 is 2.07 bits per heavy atom. The minimum absolute atomic E-state index is 0.131. The van der Waals surface area contributed by atoms with E-state index in [1.165, 1.54) is 24.5 Å². The van der Waals surface area contributed by atoms with E-state index in [1.54, 1.807) is 6.07 Å². The van der Waals surface area contributed by atoms with Crippen LogP contribution in [-0.4, -0.2) is 9.97 Å². The largest absolute Gasteiger partial charge is 0.343 e. The lowest BCUT2D eigenvalue weighted by atomic mass is 10.1. The maximum Gasteiger partial charge on any atom is 0.183 e. The van der Waals surface area contributed by atoms with Gasteiger partial charge in [0.05, 0.1) is 12.0 Å². The molecule has 0 amide bonds. The maximum absolute atomic E-state index is 13.5. The average molecular weight is 224 g/mol. The number of H-pyrrole nitrogens is 1. The Kier molecular flexibility index (Phi) is 2.55. The van der Waals surface area contributed by atoms with Gasteiger partial charge in [-0.3, -0.25) is 0 Å². The van der Waals surface area contributed by atoms with Crippen LogP contribution in [0.4, 0.5) is 8.78 Å². The summed E-state index contributed by atoms with van der Waals surface area (Å²) in [5, 5.41) is 0. The highest BCUT2D eigenvalue weighted by Crippen LogP contribution is 2.20. The second-order valence-electron chi connectivity index (χ2n) is 2.91. The SMILES string of the molecule is Fc1cccc(-c2[nH]cnc(=S)c2F)c1. The van der Waals surface area contributed by atoms with Crippen molar-refractivity contribution in [3.63, 3.8) is 0 Å². The first-order valence-electron chi connectivity index (χ1n) is 4.17. The van der Waals surface area contributed by atoms with E-state index >= 15 is 0 Å². The van der Waals surface area contributed by atoms with Crippen LogP contribution in [0.5, 0.6) is 0 Å². The Bertz CT molecular complexity index is 551. The van der Waals surface area contributed by atoms with Crippen LogP contribution in [0.2, 0.25) is 0 Å². The summed E-state index contributed by atoms with van der Waals surface area (Å²) in [5.41, 5.74) is 0.551. The summed E-state index contributed by atoms with van der Waals surface area (Å²) in [7, 11) is 0. The molecule has 0 bridgehead atoms. The quantitative estimate of drug-likeness (QED) is 0.754. The summed E-state index contributed by atoms with van der Waals surface area (Å²) in [6.45, 7) is 0. The van der Waals surface area contributed by atoms with Gasteiger partial charge < -0.3 is 4.98 Å². The van der Waals surface area contributed by atoms with Crippen molar-refractivity contribution in [2.24, 2.45) is 0 Å². The Hall–Kier alpha value is -1.62. The lowest BCUT2D eigenvalue weighted by Gasteiger charge is -2.02. The third-order valence-electron chi connectivity index (χ3n) is 1.91. The molecule has 0 unspecified atom stereocenters. The van der Waals surface area contributed by atoms with Gasteiger partial charge in [-0.05, 0) is 12.1 Å². The third-order valence-corrected chi connectivity index (χ3v) is 2.20. The van der Waals surface area contributed by atoms with E-state index in [-0.39, 0.29) is 10.3 Å². The molecular weight excluding hydrogens is 218 g/mol. The zero-order valence-corrected chi connectivity index (χ0v) is 8.31. The first-order valence-corrected chi connectivity index (χ1v) is 4.58. The number of hydrogen-bond donors (Lipinski definition) is 1. The topological polar surface area (TPSA) is 28.7 Å². The summed E-state index contributed by atoms with van der Waals surface area (Å²) in [6.07, 6.45) is 1.28. The number of rotatable bonds is 1. The summed E-state index contributed by atoms with van der Waals surface area (Å²) >= 11 is 4.67. The van der Waals surface area contributed by atoms with Crippen molar-refractivity contribution >= 4 is 12.2 Å². The minimum atomic E-state index is -0.641. The molecule has 0 aliphatic carbocycles. The van der Waals surface area contributed by atoms with E-state index in [0.717, 1.165) is 0 Å². The first-order chi connectivity index (χ1) is 7.18. The second-order valence-corrected chi connectivity index (χ2v) is 3.29. The van der Waals surface area contributed by atoms with Gasteiger partial charge in [-0.2, -0.15) is 0 Å². The van der Waals surface area contributed by atoms with E-state index in [0.29, 0.717) is 5.56 Å². The molecule has 0 aliphatic heterocycles. The molecule has 1 aromatic carbocycles. The summed E-state index contributed by atoms with van der Waals surface area (Å²) in [4.78, 5) is 6.18. The number of aromatic nitrogens is 2. The summed E-state index contributed by atoms with van der Waals surface area (Å²) < 4.78 is 26.3. The highest BCUT2D eigenvalue weighted by Gasteiger charge is 2.07. The van der Waals surface area contributed by atoms with E-state index < -0.39 is 11.6 Å². The predicted molar refractivity (Wildman–Crippen MR) is 54.8 cm³/mol. The van der Waals surface area contributed by atoms with Crippen molar-refractivity contribution < 1.29 is 8.78 Å². The molecule has 0 fully saturated rings. The van der Waals surface area contributed by atoms with Gasteiger partial charge in [0.15, 0.2) is 10.5 Å². The molecule has 1 N–H and O–H groups in total. The zero-order valence-electron chi connectivity index (χ0n) is 7.50. The van der Waals surface area contributed by atoms with Crippen LogP contribution in [0.15, 0.2) is 30.6 Å². The van der Waals surface area contributed by atoms with E-state index in [1.807, 2.05) is 0 Å². The Labute approximate surface area is 89.6 Å². The van der Waals surface area contributed by atoms with Gasteiger partial charge >= 0.3 is 0 Å². The van der Waals surface area contributed by atoms with Crippen molar-refractivity contribution in [1.29, 1.82) is 0 Å². The molecule has 1 heterocycles. The fourth-order valence-corrected chi connectivity index (χ4v) is 1.39. The number of benzene rings is 1. The molecule has 2 aromatic rings. The van der Waals surface area contributed by atoms with Crippen LogP contribution < -0.4 is 0 Å². The minimum Gasteiger partial charge on any atom is -0.343 e. The van der Waals surface area contributed by atoms with Crippen molar-refractivity contribution in [3.05, 3.63) is 46.9 Å². The molecule has 1 aromatic heterocycles. The number of nitrogens with one attached hydrogen (secondary N) is 1. The van der Waals surface area contributed by atoms with E-state index in [2.05, 4.69) is 22.2 Å². The fourth-order valence-electron chi connectivity index (χ4n) is 1.24. The lowest BCUT2D eigenvalue weighted by Crippen LogP contribution is -1.92. The molecule has 0 aliphatic rings. The average Bonchev–Trinajstić information content (AvgIpc) is 2.22. The Balaban J connectivity index is 2.64. The van der Waals surface area contributed by atoms with Gasteiger partial charge in [-0.15, -0.1) is 0 Å². The summed E-state index contributed by atoms with van der Waals surface area (Å²) in [5.74, 6) is -1.07. The number of nitrogens with zero attached hydrogens (tertiary/aromatic N) is 1. The van der Waals surface area contributed by atoms with Crippen molar-refractivity contribution in [1.82, 2.24) is 9.97 Å². The number of halogens is 2. The standard InChI is InChI=1S/C10H6F2N2S/c11-7-3-1-2-6(4-7)9-8(12)10(15)14-5-13-9/h1-5H,(H,13,14,15). The molecule has 0 spiro atoms. The first kappa shape index (κ1) is 9.92. The molecule has 0 saturated carbocycles. The molecule has 0 atom stereocenters. The van der Waals surface area contributed by atoms with Gasteiger partial charge in [-0.1, -0.05) is 24.4 Å². The highest BCUT2D eigenvalue weighted by molar-refractivity contribution is 7.71. The molecule has 5 heteroatoms. The Morgan fingerprint density at radius 1 is 1.27 bits per heavy atom. The molecule has 2 nitrogen and oxygen atoms in total. The van der Waals surface area contributed by atoms with Crippen LogP contribution in [0.3, 0.4) is 0 Å². The smallest absolute Gasteiger partial charge is 0.183 e. The van der Waals surface area contributed by atoms with E-state index in [4.69, 9.17) is 0 Å². The van der Waals surface area contributed by atoms with Gasteiger partial charge in [0.25, 0.3) is 0 Å². The molecule has 2 rings (SSSR count). The molecule has 0 radical (unpaired) electrons. The van der Waals surface area contributed by atoms with Crippen molar-refractivity contribution in [2.75, 3.05) is 0 Å². The normalized spacial score (nSPS) is 10.3. The second kappa shape index (κ2) is 3.86. The van der Waals surface area contributed by atoms with Gasteiger partial charge in [-0.25, -0.2) is 13.8 Å². The van der Waals surface area contributed by atoms with E-state index in [9.17, 15) is 8.78 Å². The fraction of sp³-hybridized carbons (Fsp3) is 0. The van der Waals surface area contributed by atoms with Crippen LogP contribution >= 0.6 is 12.2 Å². The summed E-state index contributed by atoms with van der Waals surface area (Å²) in [6, 6.07) is 5.61. The third kappa shape index (κ3) is 1.92. The predicted octanol–water partition coefficient (Wildman–Crippen LogP) is 3.08. The van der Waals surface area contributed by atoms with Crippen LogP contribution in [0, 0.1) is 16.3 Å².